The van der Waals surface area contributed by atoms with Crippen LogP contribution in [0.3, 0.4) is 0 Å². The number of hydrogen-bond acceptors (Lipinski definition) is 5. The lowest BCUT2D eigenvalue weighted by molar-refractivity contribution is -0.153. The van der Waals surface area contributed by atoms with Crippen molar-refractivity contribution in [3.8, 4) is 0 Å². The third-order valence-electron chi connectivity index (χ3n) is 3.52. The molecule has 0 radical (unpaired) electrons. The summed E-state index contributed by atoms with van der Waals surface area (Å²) in [6, 6.07) is 0. The minimum absolute atomic E-state index is 0.0312. The van der Waals surface area contributed by atoms with Crippen molar-refractivity contribution in [1.29, 1.82) is 0 Å². The molecule has 1 heterocycles. The van der Waals surface area contributed by atoms with Crippen molar-refractivity contribution < 1.29 is 23.2 Å². The molecule has 1 saturated heterocycles. The predicted octanol–water partition coefficient (Wildman–Crippen LogP) is 2.39. The van der Waals surface area contributed by atoms with E-state index >= 15 is 0 Å². The van der Waals surface area contributed by atoms with Crippen LogP contribution in [0.4, 0.5) is 0 Å². The number of esters is 2. The molecule has 1 rings (SSSR count). The van der Waals surface area contributed by atoms with Crippen LogP contribution in [-0.2, 0) is 23.2 Å². The van der Waals surface area contributed by atoms with Gasteiger partial charge in [0.1, 0.15) is 0 Å². The Morgan fingerprint density at radius 3 is 2.21 bits per heavy atom. The lowest BCUT2D eigenvalue weighted by Gasteiger charge is -2.35. The molecule has 0 bridgehead atoms. The summed E-state index contributed by atoms with van der Waals surface area (Å²) in [5, 5.41) is 0. The molecule has 1 aliphatic heterocycles. The van der Waals surface area contributed by atoms with Crippen molar-refractivity contribution in [3.63, 3.8) is 0 Å². The molecule has 0 N–H and O–H groups in total. The first-order valence-electron chi connectivity index (χ1n) is 7.00. The van der Waals surface area contributed by atoms with Gasteiger partial charge in [0.15, 0.2) is 0 Å². The number of carbonyl (C=O) groups excluding carboxylic acids is 2. The number of carbonyl (C=O) groups is 2. The molecule has 0 aromatic carbocycles. The van der Waals surface area contributed by atoms with E-state index < -0.39 is 26.4 Å². The second kappa shape index (κ2) is 7.16. The fraction of sp³-hybridized carbons (Fsp3) is 0.846. The van der Waals surface area contributed by atoms with Crippen LogP contribution in [0.2, 0.25) is 12.1 Å². The minimum Gasteiger partial charge on any atom is -0.394 e. The molecule has 0 aromatic heterocycles. The molecule has 0 aliphatic carbocycles. The van der Waals surface area contributed by atoms with Crippen LogP contribution in [-0.4, -0.2) is 33.7 Å². The summed E-state index contributed by atoms with van der Waals surface area (Å²) in [7, 11) is -2.49. The summed E-state index contributed by atoms with van der Waals surface area (Å²) >= 11 is 0. The highest BCUT2D eigenvalue weighted by Crippen LogP contribution is 2.40. The van der Waals surface area contributed by atoms with Gasteiger partial charge in [-0.3, -0.25) is 9.59 Å². The molecule has 2 atom stereocenters. The van der Waals surface area contributed by atoms with E-state index in [9.17, 15) is 9.59 Å². The van der Waals surface area contributed by atoms with Crippen LogP contribution >= 0.6 is 0 Å². The first-order chi connectivity index (χ1) is 8.98. The van der Waals surface area contributed by atoms with Gasteiger partial charge in [-0.1, -0.05) is 13.3 Å². The van der Waals surface area contributed by atoms with Gasteiger partial charge in [0.25, 0.3) is 0 Å². The minimum atomic E-state index is -2.49. The summed E-state index contributed by atoms with van der Waals surface area (Å²) < 4.78 is 16.4. The van der Waals surface area contributed by atoms with Crippen molar-refractivity contribution in [2.45, 2.75) is 52.1 Å². The highest BCUT2D eigenvalue weighted by molar-refractivity contribution is 6.68. The quantitative estimate of drug-likeness (QED) is 0.390. The molecule has 19 heavy (non-hydrogen) atoms. The van der Waals surface area contributed by atoms with E-state index in [1.807, 2.05) is 20.4 Å². The van der Waals surface area contributed by atoms with E-state index in [2.05, 4.69) is 11.7 Å². The van der Waals surface area contributed by atoms with Crippen molar-refractivity contribution in [2.75, 3.05) is 13.2 Å². The van der Waals surface area contributed by atoms with Gasteiger partial charge >= 0.3 is 20.5 Å². The molecule has 110 valence electrons. The molecule has 2 unspecified atom stereocenters. The normalized spacial score (nSPS) is 21.6. The molecule has 6 heteroatoms. The SMILES string of the molecule is CCCC(C1CC(=O)OC1=O)[Si](C)(OCC)OCC. The topological polar surface area (TPSA) is 61.8 Å². The van der Waals surface area contributed by atoms with Crippen LogP contribution in [0.25, 0.3) is 0 Å². The van der Waals surface area contributed by atoms with Crippen LogP contribution in [0.15, 0.2) is 0 Å². The molecular formula is C13H24O5Si. The molecule has 0 aromatic rings. The average Bonchev–Trinajstić information content (AvgIpc) is 2.65. The Morgan fingerprint density at radius 2 is 1.84 bits per heavy atom. The Hall–Kier alpha value is -0.723. The summed E-state index contributed by atoms with van der Waals surface area (Å²) in [5.74, 6) is -1.25. The van der Waals surface area contributed by atoms with Crippen molar-refractivity contribution in [2.24, 2.45) is 5.92 Å². The first-order valence-corrected chi connectivity index (χ1v) is 9.40. The van der Waals surface area contributed by atoms with E-state index in [-0.39, 0.29) is 12.0 Å². The van der Waals surface area contributed by atoms with E-state index in [1.54, 1.807) is 0 Å². The monoisotopic (exact) mass is 288 g/mol. The lowest BCUT2D eigenvalue weighted by Crippen LogP contribution is -2.47. The summed E-state index contributed by atoms with van der Waals surface area (Å²) in [6.07, 6.45) is 1.90. The molecular weight excluding hydrogens is 264 g/mol. The summed E-state index contributed by atoms with van der Waals surface area (Å²) in [6.45, 7) is 8.99. The highest BCUT2D eigenvalue weighted by Gasteiger charge is 2.51. The smallest absolute Gasteiger partial charge is 0.339 e. The van der Waals surface area contributed by atoms with Gasteiger partial charge < -0.3 is 13.6 Å². The molecule has 0 spiro atoms. The fourth-order valence-electron chi connectivity index (χ4n) is 2.77. The first kappa shape index (κ1) is 16.3. The maximum absolute atomic E-state index is 11.8. The zero-order valence-corrected chi connectivity index (χ0v) is 13.2. The van der Waals surface area contributed by atoms with Crippen molar-refractivity contribution in [1.82, 2.24) is 0 Å². The van der Waals surface area contributed by atoms with E-state index in [0.29, 0.717) is 13.2 Å². The second-order valence-electron chi connectivity index (χ2n) is 4.88. The molecule has 0 amide bonds. The Labute approximate surface area is 115 Å². The molecule has 5 nitrogen and oxygen atoms in total. The zero-order valence-electron chi connectivity index (χ0n) is 12.2. The zero-order chi connectivity index (χ0) is 14.5. The van der Waals surface area contributed by atoms with Gasteiger partial charge in [0.05, 0.1) is 12.3 Å². The Morgan fingerprint density at radius 1 is 1.26 bits per heavy atom. The largest absolute Gasteiger partial charge is 0.394 e. The number of hydrogen-bond donors (Lipinski definition) is 0. The Kier molecular flexibility index (Phi) is 6.16. The van der Waals surface area contributed by atoms with Crippen LogP contribution in [0.1, 0.15) is 40.0 Å². The van der Waals surface area contributed by atoms with Gasteiger partial charge in [-0.15, -0.1) is 0 Å². The standard InChI is InChI=1S/C13H24O5Si/c1-5-8-11(10-9-12(14)18-13(10)15)19(4,16-6-2)17-7-3/h10-11H,5-9H2,1-4H3. The molecule has 1 fully saturated rings. The molecule has 0 saturated carbocycles. The predicted molar refractivity (Wildman–Crippen MR) is 72.7 cm³/mol. The maximum atomic E-state index is 11.8. The van der Waals surface area contributed by atoms with Crippen LogP contribution in [0.5, 0.6) is 0 Å². The Balaban J connectivity index is 2.95. The van der Waals surface area contributed by atoms with Crippen LogP contribution < -0.4 is 0 Å². The average molecular weight is 288 g/mol. The van der Waals surface area contributed by atoms with Gasteiger partial charge in [-0.2, -0.15) is 0 Å². The summed E-state index contributed by atoms with van der Waals surface area (Å²) in [5.41, 5.74) is -0.0312. The van der Waals surface area contributed by atoms with Gasteiger partial charge in [-0.25, -0.2) is 0 Å². The fourth-order valence-corrected chi connectivity index (χ4v) is 6.22. The second-order valence-corrected chi connectivity index (χ2v) is 8.23. The number of ether oxygens (including phenoxy) is 1. The van der Waals surface area contributed by atoms with Crippen LogP contribution in [0, 0.1) is 5.92 Å². The third-order valence-corrected chi connectivity index (χ3v) is 7.29. The Bertz CT molecular complexity index is 325. The van der Waals surface area contributed by atoms with Gasteiger partial charge in [-0.05, 0) is 26.8 Å². The van der Waals surface area contributed by atoms with Crippen molar-refractivity contribution in [3.05, 3.63) is 0 Å². The third kappa shape index (κ3) is 3.87. The summed E-state index contributed by atoms with van der Waals surface area (Å²) in [4.78, 5) is 23.1. The lowest BCUT2D eigenvalue weighted by atomic mass is 10.00. The van der Waals surface area contributed by atoms with Gasteiger partial charge in [0.2, 0.25) is 0 Å². The highest BCUT2D eigenvalue weighted by atomic mass is 28.4. The molecule has 1 aliphatic rings. The van der Waals surface area contributed by atoms with E-state index in [0.717, 1.165) is 12.8 Å². The van der Waals surface area contributed by atoms with E-state index in [4.69, 9.17) is 8.85 Å². The van der Waals surface area contributed by atoms with E-state index in [1.165, 1.54) is 0 Å². The van der Waals surface area contributed by atoms with Crippen molar-refractivity contribution >= 4 is 20.5 Å². The number of rotatable bonds is 8. The number of cyclic esters (lactones) is 2. The maximum Gasteiger partial charge on any atom is 0.339 e. The van der Waals surface area contributed by atoms with Gasteiger partial charge in [0, 0.05) is 18.8 Å².